The molecule has 1 aliphatic carbocycles. The van der Waals surface area contributed by atoms with Gasteiger partial charge in [0.2, 0.25) is 0 Å². The van der Waals surface area contributed by atoms with Crippen LogP contribution in [0.25, 0.3) is 21.6 Å². The highest BCUT2D eigenvalue weighted by Gasteiger charge is 2.60. The van der Waals surface area contributed by atoms with Crippen molar-refractivity contribution in [1.29, 1.82) is 0 Å². The molecule has 2 N–H and O–H groups in total. The van der Waals surface area contributed by atoms with E-state index in [-0.39, 0.29) is 55.1 Å². The lowest BCUT2D eigenvalue weighted by atomic mass is 9.73. The van der Waals surface area contributed by atoms with Crippen LogP contribution in [-0.2, 0) is 58.4 Å². The van der Waals surface area contributed by atoms with Crippen LogP contribution in [-0.4, -0.2) is 143 Å². The lowest BCUT2D eigenvalue weighted by Gasteiger charge is -2.43. The van der Waals surface area contributed by atoms with E-state index in [1.54, 1.807) is 109 Å². The van der Waals surface area contributed by atoms with E-state index in [4.69, 9.17) is 43.7 Å². The first kappa shape index (κ1) is 75.9. The first-order valence-corrected chi connectivity index (χ1v) is 33.6. The van der Waals surface area contributed by atoms with Crippen molar-refractivity contribution in [2.24, 2.45) is 28.8 Å². The van der Waals surface area contributed by atoms with Crippen molar-refractivity contribution in [2.45, 2.75) is 206 Å². The predicted octanol–water partition coefficient (Wildman–Crippen LogP) is 13.7. The summed E-state index contributed by atoms with van der Waals surface area (Å²) >= 11 is 0. The van der Waals surface area contributed by atoms with E-state index < -0.39 is 119 Å². The number of hydrogen-bond donors (Lipinski definition) is 2. The number of Topliss-reactive ketones (excluding diaryl/α,β-unsaturated/α-hetero) is 2. The number of pyridine rings is 1. The highest BCUT2D eigenvalue weighted by Crippen LogP contribution is 2.46. The van der Waals surface area contributed by atoms with Crippen molar-refractivity contribution in [3.8, 4) is 11.1 Å². The van der Waals surface area contributed by atoms with Crippen molar-refractivity contribution >= 4 is 41.7 Å². The third-order valence-electron chi connectivity index (χ3n) is 19.1. The van der Waals surface area contributed by atoms with E-state index in [2.05, 4.69) is 87.2 Å². The monoisotopic (exact) mass is 1330 g/mol. The standard InChI is InChI=1S/C36H33NO7.C27H44N4O8.C13H21N/c1-22-32(43-34(38)24-13-5-3-6-14-24)31(33(23(2)42-22)44-35(39)25-15-7-4-8-16-25)37-36(40)41-21-30-28-19-11-9-17-26(28)27-18-10-12-20-29(27)30;1-9-19-27(7)22(31(25(36)39-27)13-11-10-12-29-30-28)16(3)20(32)15(2)14-26(6,37-8)23(34)17(4)21(33)18(5)24(35)38-19;1-12(2,3)10-8-7-9-11(14-10)13(4,5)6/h3-20,22-23,30-33H,21H2,1-2H3,(H,37,40);15-19,22-23,34H,9-14H2,1-8H3;7-9H,1-6H3/t;15-,16+,17+,18-,19-,22-,23-,26+,27-;/m.1./s1. The van der Waals surface area contributed by atoms with Crippen LogP contribution in [0.2, 0.25) is 0 Å². The SMILES string of the molecule is CC(C)(C)c1cccc(C(C)(C)C)n1.CC1OC(C)C(OC(=O)c2ccccc2)C(NC(=O)OCC2c3ccccc3-c3ccccc32)C1OC(=O)c1ccccc1.CC[C@H]1OC(=O)[C@H](C)C(=O)[C@H](C)[C@@H](O)[C@@](C)(OC)C[C@@H](C)C(=O)[C@H](C)[C@H]2N(CCCCN=[N+]=[N-])C(=O)O[C@]12C. The number of aliphatic hydroxyl groups excluding tert-OH is 1. The molecule has 3 aliphatic heterocycles. The Bertz CT molecular complexity index is 3470. The zero-order valence-electron chi connectivity index (χ0n) is 59.0. The van der Waals surface area contributed by atoms with Crippen molar-refractivity contribution in [1.82, 2.24) is 15.2 Å². The van der Waals surface area contributed by atoms with E-state index in [9.17, 15) is 38.7 Å². The first-order valence-electron chi connectivity index (χ1n) is 33.6. The maximum atomic E-state index is 13.9. The molecule has 21 nitrogen and oxygen atoms in total. The number of hydrogen-bond acceptors (Lipinski definition) is 17. The van der Waals surface area contributed by atoms with Gasteiger partial charge >= 0.3 is 30.1 Å². The fourth-order valence-electron chi connectivity index (χ4n) is 13.5. The quantitative estimate of drug-likeness (QED) is 0.0199. The topological polar surface area (TPSA) is 281 Å². The summed E-state index contributed by atoms with van der Waals surface area (Å²) in [5, 5.41) is 17.6. The van der Waals surface area contributed by atoms with E-state index in [1.807, 2.05) is 36.4 Å². The summed E-state index contributed by atoms with van der Waals surface area (Å²) < 4.78 is 41.1. The van der Waals surface area contributed by atoms with Gasteiger partial charge in [0.1, 0.15) is 30.5 Å². The van der Waals surface area contributed by atoms with Gasteiger partial charge in [-0.3, -0.25) is 19.4 Å². The molecule has 3 fully saturated rings. The van der Waals surface area contributed by atoms with Crippen LogP contribution in [0.15, 0.2) is 133 Å². The number of nitrogens with zero attached hydrogens (tertiary/aromatic N) is 5. The number of cyclic esters (lactones) is 1. The maximum Gasteiger partial charge on any atom is 0.410 e. The molecular formula is C76H98N6O15. The van der Waals surface area contributed by atoms with Gasteiger partial charge in [-0.05, 0) is 124 Å². The molecule has 13 atom stereocenters. The van der Waals surface area contributed by atoms with Crippen molar-refractivity contribution < 1.29 is 71.8 Å². The van der Waals surface area contributed by atoms with E-state index >= 15 is 0 Å². The van der Waals surface area contributed by atoms with Gasteiger partial charge in [-0.25, -0.2) is 19.2 Å². The number of alkyl carbamates (subject to hydrolysis) is 1. The van der Waals surface area contributed by atoms with Gasteiger partial charge in [0.15, 0.2) is 23.6 Å². The Kier molecular flexibility index (Phi) is 25.6. The Morgan fingerprint density at radius 2 is 1.22 bits per heavy atom. The molecule has 0 radical (unpaired) electrons. The minimum absolute atomic E-state index is 0.0944. The second-order valence-corrected chi connectivity index (χ2v) is 28.3. The molecule has 4 aliphatic rings. The number of ether oxygens (including phenoxy) is 7. The van der Waals surface area contributed by atoms with Crippen LogP contribution in [0.4, 0.5) is 9.59 Å². The first-order chi connectivity index (χ1) is 45.8. The Hall–Kier alpha value is -8.49. The lowest BCUT2D eigenvalue weighted by molar-refractivity contribution is -0.174. The number of azide groups is 1. The van der Waals surface area contributed by atoms with Gasteiger partial charge in [-0.15, -0.1) is 0 Å². The number of aromatic nitrogens is 1. The summed E-state index contributed by atoms with van der Waals surface area (Å²) in [5.41, 5.74) is 13.6. The summed E-state index contributed by atoms with van der Waals surface area (Å²) in [4.78, 5) is 102. The third-order valence-corrected chi connectivity index (χ3v) is 19.1. The molecule has 522 valence electrons. The van der Waals surface area contributed by atoms with Crippen LogP contribution in [0.3, 0.4) is 0 Å². The molecule has 0 spiro atoms. The predicted molar refractivity (Wildman–Crippen MR) is 366 cm³/mol. The van der Waals surface area contributed by atoms with Crippen molar-refractivity contribution in [2.75, 3.05) is 26.8 Å². The average Bonchev–Trinajstić information content (AvgIpc) is 1.57. The molecule has 4 unspecified atom stereocenters. The number of amides is 2. The number of nitrogens with one attached hydrogen (secondary N) is 1. The highest BCUT2D eigenvalue weighted by molar-refractivity contribution is 6.00. The Balaban J connectivity index is 0.000000230. The Morgan fingerprint density at radius 3 is 1.70 bits per heavy atom. The highest BCUT2D eigenvalue weighted by atomic mass is 16.6. The number of rotatable bonds is 14. The number of ketones is 2. The number of unbranched alkanes of at least 4 members (excludes halogenated alkanes) is 1. The van der Waals surface area contributed by atoms with Crippen molar-refractivity contribution in [3.63, 3.8) is 0 Å². The van der Waals surface area contributed by atoms with Crippen LogP contribution < -0.4 is 5.32 Å². The minimum atomic E-state index is -1.37. The molecule has 2 amide bonds. The lowest BCUT2D eigenvalue weighted by Crippen LogP contribution is -2.64. The van der Waals surface area contributed by atoms with Crippen LogP contribution >= 0.6 is 0 Å². The number of methoxy groups -OCH3 is 1. The number of carbonyl (C=O) groups is 7. The summed E-state index contributed by atoms with van der Waals surface area (Å²) in [7, 11) is 1.41. The molecule has 97 heavy (non-hydrogen) atoms. The smallest absolute Gasteiger partial charge is 0.410 e. The summed E-state index contributed by atoms with van der Waals surface area (Å²) in [6, 6.07) is 37.8. The van der Waals surface area contributed by atoms with E-state index in [1.165, 1.54) is 37.2 Å². The summed E-state index contributed by atoms with van der Waals surface area (Å²) in [5.74, 6) is -6.27. The molecule has 5 aromatic rings. The zero-order valence-corrected chi connectivity index (χ0v) is 59.0. The molecule has 1 aromatic heterocycles. The number of aliphatic hydroxyl groups is 1. The van der Waals surface area contributed by atoms with Crippen LogP contribution in [0, 0.1) is 23.7 Å². The number of esters is 3. The van der Waals surface area contributed by atoms with Gasteiger partial charge in [-0.2, -0.15) is 0 Å². The second-order valence-electron chi connectivity index (χ2n) is 28.3. The number of benzene rings is 4. The molecule has 3 saturated heterocycles. The normalized spacial score (nSPS) is 27.4. The minimum Gasteiger partial charge on any atom is -0.458 e. The van der Waals surface area contributed by atoms with Gasteiger partial charge in [0.25, 0.3) is 0 Å². The van der Waals surface area contributed by atoms with E-state index in [0.29, 0.717) is 24.0 Å². The molecule has 4 heterocycles. The van der Waals surface area contributed by atoms with Crippen LogP contribution in [0.1, 0.15) is 179 Å². The van der Waals surface area contributed by atoms with Gasteiger partial charge in [0, 0.05) is 71.0 Å². The fourth-order valence-corrected chi connectivity index (χ4v) is 13.5. The largest absolute Gasteiger partial charge is 0.458 e. The summed E-state index contributed by atoms with van der Waals surface area (Å²) in [6.45, 7) is 28.8. The third kappa shape index (κ3) is 18.0. The Morgan fingerprint density at radius 1 is 0.711 bits per heavy atom. The van der Waals surface area contributed by atoms with E-state index in [0.717, 1.165) is 22.3 Å². The molecule has 4 aromatic carbocycles. The number of fused-ring (bicyclic) bond motifs is 4. The fraction of sp³-hybridized carbons (Fsp3) is 0.526. The molecule has 9 rings (SSSR count). The second kappa shape index (κ2) is 32.7. The summed E-state index contributed by atoms with van der Waals surface area (Å²) in [6.07, 6.45) is -5.34. The van der Waals surface area contributed by atoms with Crippen LogP contribution in [0.5, 0.6) is 0 Å². The zero-order chi connectivity index (χ0) is 71.3. The molecular weight excluding hydrogens is 1240 g/mol. The average molecular weight is 1340 g/mol. The van der Waals surface area contributed by atoms with Gasteiger partial charge < -0.3 is 48.5 Å². The number of carbonyl (C=O) groups excluding carboxylic acids is 7. The molecule has 0 bridgehead atoms. The Labute approximate surface area is 570 Å². The van der Waals surface area contributed by atoms with Gasteiger partial charge in [-0.1, -0.05) is 165 Å². The van der Waals surface area contributed by atoms with Gasteiger partial charge in [0.05, 0.1) is 41.1 Å². The van der Waals surface area contributed by atoms with Crippen molar-refractivity contribution in [3.05, 3.63) is 171 Å². The molecule has 0 saturated carbocycles. The molecule has 21 heteroatoms. The maximum absolute atomic E-state index is 13.9.